The molecule has 1 atom stereocenters. The van der Waals surface area contributed by atoms with Gasteiger partial charge in [0, 0.05) is 55.5 Å². The molecule has 0 bridgehead atoms. The SMILES string of the molecule is Oc1ccc(Br)cc1[C@H](C1CCOCC1)N1CCNCC1. The van der Waals surface area contributed by atoms with Gasteiger partial charge in [0.2, 0.25) is 0 Å². The van der Waals surface area contributed by atoms with Crippen molar-refractivity contribution in [1.29, 1.82) is 0 Å². The predicted molar refractivity (Wildman–Crippen MR) is 86.5 cm³/mol. The number of rotatable bonds is 3. The molecule has 0 unspecified atom stereocenters. The molecule has 2 heterocycles. The van der Waals surface area contributed by atoms with Gasteiger partial charge in [-0.15, -0.1) is 0 Å². The number of aromatic hydroxyl groups is 1. The summed E-state index contributed by atoms with van der Waals surface area (Å²) < 4.78 is 6.55. The van der Waals surface area contributed by atoms with E-state index in [4.69, 9.17) is 4.74 Å². The average molecular weight is 355 g/mol. The smallest absolute Gasteiger partial charge is 0.120 e. The second-order valence-electron chi connectivity index (χ2n) is 5.88. The first-order valence-corrected chi connectivity index (χ1v) is 8.56. The lowest BCUT2D eigenvalue weighted by Crippen LogP contribution is -2.47. The van der Waals surface area contributed by atoms with Gasteiger partial charge in [-0.05, 0) is 37.0 Å². The Kier molecular flexibility index (Phi) is 5.16. The number of hydrogen-bond acceptors (Lipinski definition) is 4. The number of hydrogen-bond donors (Lipinski definition) is 2. The van der Waals surface area contributed by atoms with Gasteiger partial charge in [0.1, 0.15) is 5.75 Å². The third-order valence-electron chi connectivity index (χ3n) is 4.57. The zero-order chi connectivity index (χ0) is 14.7. The molecule has 0 aromatic heterocycles. The number of ether oxygens (including phenoxy) is 1. The Morgan fingerprint density at radius 1 is 1.24 bits per heavy atom. The fourth-order valence-electron chi connectivity index (χ4n) is 3.50. The molecule has 2 aliphatic rings. The van der Waals surface area contributed by atoms with Crippen LogP contribution in [0.4, 0.5) is 0 Å². The second-order valence-corrected chi connectivity index (χ2v) is 6.80. The Labute approximate surface area is 134 Å². The Hall–Kier alpha value is -0.620. The lowest BCUT2D eigenvalue weighted by atomic mass is 9.85. The highest BCUT2D eigenvalue weighted by Crippen LogP contribution is 2.40. The molecule has 0 saturated carbocycles. The predicted octanol–water partition coefficient (Wildman–Crippen LogP) is 2.53. The minimum atomic E-state index is 0.286. The molecule has 1 aromatic rings. The van der Waals surface area contributed by atoms with Crippen molar-refractivity contribution in [1.82, 2.24) is 10.2 Å². The quantitative estimate of drug-likeness (QED) is 0.875. The molecule has 2 saturated heterocycles. The fraction of sp³-hybridized carbons (Fsp3) is 0.625. The van der Waals surface area contributed by atoms with Gasteiger partial charge in [0.05, 0.1) is 0 Å². The van der Waals surface area contributed by atoms with Crippen molar-refractivity contribution in [2.45, 2.75) is 18.9 Å². The van der Waals surface area contributed by atoms with Gasteiger partial charge in [0.15, 0.2) is 0 Å². The molecular weight excluding hydrogens is 332 g/mol. The number of phenols is 1. The first kappa shape index (κ1) is 15.3. The van der Waals surface area contributed by atoms with Crippen LogP contribution in [0.5, 0.6) is 5.75 Å². The number of phenolic OH excluding ortho intramolecular Hbond substituents is 1. The van der Waals surface area contributed by atoms with Crippen molar-refractivity contribution in [3.63, 3.8) is 0 Å². The molecule has 2 N–H and O–H groups in total. The maximum atomic E-state index is 10.4. The second kappa shape index (κ2) is 7.09. The van der Waals surface area contributed by atoms with E-state index in [0.717, 1.165) is 62.3 Å². The summed E-state index contributed by atoms with van der Waals surface area (Å²) in [7, 11) is 0. The zero-order valence-corrected chi connectivity index (χ0v) is 13.8. The molecular formula is C16H23BrN2O2. The summed E-state index contributed by atoms with van der Waals surface area (Å²) in [6, 6.07) is 6.07. The Morgan fingerprint density at radius 3 is 2.67 bits per heavy atom. The van der Waals surface area contributed by atoms with E-state index in [0.29, 0.717) is 11.7 Å². The van der Waals surface area contributed by atoms with Crippen LogP contribution in [0.25, 0.3) is 0 Å². The average Bonchev–Trinajstić information content (AvgIpc) is 2.53. The van der Waals surface area contributed by atoms with Gasteiger partial charge in [-0.3, -0.25) is 4.90 Å². The van der Waals surface area contributed by atoms with E-state index in [9.17, 15) is 5.11 Å². The Balaban J connectivity index is 1.91. The van der Waals surface area contributed by atoms with E-state index in [2.05, 4.69) is 32.2 Å². The topological polar surface area (TPSA) is 44.7 Å². The van der Waals surface area contributed by atoms with Gasteiger partial charge in [-0.1, -0.05) is 15.9 Å². The van der Waals surface area contributed by atoms with Gasteiger partial charge >= 0.3 is 0 Å². The molecule has 0 radical (unpaired) electrons. The highest BCUT2D eigenvalue weighted by Gasteiger charge is 2.32. The van der Waals surface area contributed by atoms with Crippen LogP contribution in [0.3, 0.4) is 0 Å². The number of nitrogens with zero attached hydrogens (tertiary/aromatic N) is 1. The van der Waals surface area contributed by atoms with Crippen LogP contribution >= 0.6 is 15.9 Å². The van der Waals surface area contributed by atoms with Crippen molar-refractivity contribution in [3.8, 4) is 5.75 Å². The van der Waals surface area contributed by atoms with Crippen LogP contribution in [0.2, 0.25) is 0 Å². The first-order chi connectivity index (χ1) is 10.3. The van der Waals surface area contributed by atoms with Crippen LogP contribution in [0.1, 0.15) is 24.4 Å². The summed E-state index contributed by atoms with van der Waals surface area (Å²) in [6.07, 6.45) is 2.14. The highest BCUT2D eigenvalue weighted by molar-refractivity contribution is 9.10. The number of piperazine rings is 1. The summed E-state index contributed by atoms with van der Waals surface area (Å²) in [5, 5.41) is 13.8. The number of halogens is 1. The molecule has 0 amide bonds. The van der Waals surface area contributed by atoms with Crippen LogP contribution in [-0.2, 0) is 4.74 Å². The van der Waals surface area contributed by atoms with Crippen molar-refractivity contribution >= 4 is 15.9 Å². The molecule has 2 fully saturated rings. The van der Waals surface area contributed by atoms with E-state index < -0.39 is 0 Å². The summed E-state index contributed by atoms with van der Waals surface area (Å²) in [5.41, 5.74) is 1.05. The number of nitrogens with one attached hydrogen (secondary N) is 1. The third kappa shape index (κ3) is 3.59. The van der Waals surface area contributed by atoms with Crippen LogP contribution in [0, 0.1) is 5.92 Å². The third-order valence-corrected chi connectivity index (χ3v) is 5.06. The van der Waals surface area contributed by atoms with Gasteiger partial charge < -0.3 is 15.2 Å². The normalized spacial score (nSPS) is 23.1. The van der Waals surface area contributed by atoms with E-state index in [1.54, 1.807) is 6.07 Å². The van der Waals surface area contributed by atoms with Crippen LogP contribution in [-0.4, -0.2) is 49.4 Å². The largest absolute Gasteiger partial charge is 0.508 e. The first-order valence-electron chi connectivity index (χ1n) is 7.76. The molecule has 116 valence electrons. The van der Waals surface area contributed by atoms with E-state index in [-0.39, 0.29) is 6.04 Å². The standard InChI is InChI=1S/C16H23BrN2O2/c17-13-1-2-15(20)14(11-13)16(12-3-9-21-10-4-12)19-7-5-18-6-8-19/h1-2,11-12,16,18,20H,3-10H2/t16-/m0/s1. The molecule has 0 spiro atoms. The zero-order valence-electron chi connectivity index (χ0n) is 12.2. The molecule has 2 aliphatic heterocycles. The molecule has 0 aliphatic carbocycles. The van der Waals surface area contributed by atoms with E-state index in [1.807, 2.05) is 6.07 Å². The highest BCUT2D eigenvalue weighted by atomic mass is 79.9. The monoisotopic (exact) mass is 354 g/mol. The summed E-state index contributed by atoms with van der Waals surface area (Å²) in [5.74, 6) is 0.963. The van der Waals surface area contributed by atoms with Gasteiger partial charge in [0.25, 0.3) is 0 Å². The maximum absolute atomic E-state index is 10.4. The van der Waals surface area contributed by atoms with Crippen LogP contribution < -0.4 is 5.32 Å². The molecule has 4 nitrogen and oxygen atoms in total. The summed E-state index contributed by atoms with van der Waals surface area (Å²) in [4.78, 5) is 2.52. The van der Waals surface area contributed by atoms with Crippen molar-refractivity contribution in [3.05, 3.63) is 28.2 Å². The van der Waals surface area contributed by atoms with E-state index in [1.165, 1.54) is 0 Å². The van der Waals surface area contributed by atoms with Crippen molar-refractivity contribution in [2.75, 3.05) is 39.4 Å². The molecule has 5 heteroatoms. The summed E-state index contributed by atoms with van der Waals surface area (Å²) in [6.45, 7) is 5.79. The maximum Gasteiger partial charge on any atom is 0.120 e. The molecule has 1 aromatic carbocycles. The van der Waals surface area contributed by atoms with Gasteiger partial charge in [-0.25, -0.2) is 0 Å². The minimum Gasteiger partial charge on any atom is -0.508 e. The molecule has 3 rings (SSSR count). The van der Waals surface area contributed by atoms with Crippen molar-refractivity contribution < 1.29 is 9.84 Å². The van der Waals surface area contributed by atoms with E-state index >= 15 is 0 Å². The minimum absolute atomic E-state index is 0.286. The Bertz CT molecular complexity index is 453. The number of benzene rings is 1. The van der Waals surface area contributed by atoms with Crippen LogP contribution in [0.15, 0.2) is 22.7 Å². The fourth-order valence-corrected chi connectivity index (χ4v) is 3.88. The summed E-state index contributed by atoms with van der Waals surface area (Å²) >= 11 is 3.55. The van der Waals surface area contributed by atoms with Gasteiger partial charge in [-0.2, -0.15) is 0 Å². The lowest BCUT2D eigenvalue weighted by Gasteiger charge is -2.41. The Morgan fingerprint density at radius 2 is 1.95 bits per heavy atom. The van der Waals surface area contributed by atoms with Crippen molar-refractivity contribution in [2.24, 2.45) is 5.92 Å². The molecule has 21 heavy (non-hydrogen) atoms. The lowest BCUT2D eigenvalue weighted by molar-refractivity contribution is 0.0206.